The molecule has 0 radical (unpaired) electrons. The highest BCUT2D eigenvalue weighted by molar-refractivity contribution is 5.85. The van der Waals surface area contributed by atoms with Crippen LogP contribution in [-0.2, 0) is 6.54 Å². The highest BCUT2D eigenvalue weighted by Gasteiger charge is 2.18. The second-order valence-corrected chi connectivity index (χ2v) is 5.29. The Balaban J connectivity index is 0.00000256. The Bertz CT molecular complexity index is 339. The zero-order valence-corrected chi connectivity index (χ0v) is 12.0. The van der Waals surface area contributed by atoms with Crippen molar-refractivity contribution >= 4 is 12.4 Å². The fraction of sp³-hybridized carbons (Fsp3) is 0.615. The summed E-state index contributed by atoms with van der Waals surface area (Å²) in [6, 6.07) is 4.12. The largest absolute Gasteiger partial charge is 0.330 e. The monoisotopic (exact) mass is 257 g/mol. The molecule has 0 amide bonds. The zero-order valence-electron chi connectivity index (χ0n) is 11.2. The van der Waals surface area contributed by atoms with E-state index in [0.717, 1.165) is 18.8 Å². The van der Waals surface area contributed by atoms with E-state index in [2.05, 4.69) is 43.8 Å². The normalized spacial score (nSPS) is 11.4. The third kappa shape index (κ3) is 5.48. The van der Waals surface area contributed by atoms with E-state index in [1.165, 1.54) is 5.56 Å². The van der Waals surface area contributed by atoms with E-state index in [9.17, 15) is 0 Å². The van der Waals surface area contributed by atoms with Gasteiger partial charge in [-0.05, 0) is 37.6 Å². The number of pyridine rings is 1. The molecule has 2 N–H and O–H groups in total. The van der Waals surface area contributed by atoms with Crippen molar-refractivity contribution in [1.82, 2.24) is 9.88 Å². The van der Waals surface area contributed by atoms with Gasteiger partial charge in [0.05, 0.1) is 0 Å². The van der Waals surface area contributed by atoms with Gasteiger partial charge in [-0.1, -0.05) is 19.9 Å². The van der Waals surface area contributed by atoms with E-state index in [1.807, 2.05) is 12.3 Å². The lowest BCUT2D eigenvalue weighted by atomic mass is 9.93. The van der Waals surface area contributed by atoms with E-state index >= 15 is 0 Å². The maximum atomic E-state index is 5.74. The lowest BCUT2D eigenvalue weighted by Crippen LogP contribution is -2.36. The first-order valence-corrected chi connectivity index (χ1v) is 5.74. The van der Waals surface area contributed by atoms with Crippen molar-refractivity contribution in [1.29, 1.82) is 0 Å². The highest BCUT2D eigenvalue weighted by atomic mass is 35.5. The van der Waals surface area contributed by atoms with Crippen LogP contribution >= 0.6 is 12.4 Å². The SMILES string of the molecule is Cc1ncccc1CN(C)CC(C)(C)CN.Cl. The third-order valence-corrected chi connectivity index (χ3v) is 2.81. The van der Waals surface area contributed by atoms with Crippen LogP contribution in [0.3, 0.4) is 0 Å². The number of hydrogen-bond donors (Lipinski definition) is 1. The Morgan fingerprint density at radius 3 is 2.59 bits per heavy atom. The summed E-state index contributed by atoms with van der Waals surface area (Å²) in [5, 5.41) is 0. The summed E-state index contributed by atoms with van der Waals surface area (Å²) in [7, 11) is 2.13. The molecule has 1 heterocycles. The number of rotatable bonds is 5. The second kappa shape index (κ2) is 6.94. The van der Waals surface area contributed by atoms with Crippen LogP contribution < -0.4 is 5.73 Å². The standard InChI is InChI=1S/C13H23N3.ClH/c1-11-12(6-5-7-15-11)8-16(4)10-13(2,3)9-14;/h5-7H,8-10,14H2,1-4H3;1H. The minimum atomic E-state index is 0. The number of nitrogens with zero attached hydrogens (tertiary/aromatic N) is 2. The summed E-state index contributed by atoms with van der Waals surface area (Å²) < 4.78 is 0. The molecule has 98 valence electrons. The molecule has 0 aromatic carbocycles. The van der Waals surface area contributed by atoms with E-state index in [4.69, 9.17) is 5.73 Å². The van der Waals surface area contributed by atoms with Crippen LogP contribution in [0.25, 0.3) is 0 Å². The van der Waals surface area contributed by atoms with Gasteiger partial charge >= 0.3 is 0 Å². The first kappa shape index (κ1) is 16.4. The van der Waals surface area contributed by atoms with E-state index in [-0.39, 0.29) is 17.8 Å². The fourth-order valence-electron chi connectivity index (χ4n) is 1.83. The van der Waals surface area contributed by atoms with Gasteiger partial charge in [-0.25, -0.2) is 0 Å². The summed E-state index contributed by atoms with van der Waals surface area (Å²) in [4.78, 5) is 6.60. The quantitative estimate of drug-likeness (QED) is 0.880. The van der Waals surface area contributed by atoms with Crippen LogP contribution in [0.5, 0.6) is 0 Å². The minimum Gasteiger partial charge on any atom is -0.330 e. The highest BCUT2D eigenvalue weighted by Crippen LogP contribution is 2.16. The maximum Gasteiger partial charge on any atom is 0.0417 e. The Labute approximate surface area is 111 Å². The van der Waals surface area contributed by atoms with Crippen molar-refractivity contribution in [2.24, 2.45) is 11.1 Å². The summed E-state index contributed by atoms with van der Waals surface area (Å²) in [5.41, 5.74) is 8.31. The average molecular weight is 258 g/mol. The maximum absolute atomic E-state index is 5.74. The molecule has 17 heavy (non-hydrogen) atoms. The van der Waals surface area contributed by atoms with Gasteiger partial charge in [-0.2, -0.15) is 0 Å². The lowest BCUT2D eigenvalue weighted by Gasteiger charge is -2.29. The number of hydrogen-bond acceptors (Lipinski definition) is 3. The van der Waals surface area contributed by atoms with Gasteiger partial charge in [0.1, 0.15) is 0 Å². The van der Waals surface area contributed by atoms with E-state index in [1.54, 1.807) is 0 Å². The summed E-state index contributed by atoms with van der Waals surface area (Å²) in [6.07, 6.45) is 1.84. The van der Waals surface area contributed by atoms with Crippen molar-refractivity contribution < 1.29 is 0 Å². The van der Waals surface area contributed by atoms with Crippen molar-refractivity contribution in [2.45, 2.75) is 27.3 Å². The molecule has 0 spiro atoms. The van der Waals surface area contributed by atoms with Crippen LogP contribution in [-0.4, -0.2) is 30.0 Å². The number of aromatic nitrogens is 1. The molecule has 4 heteroatoms. The molecule has 0 saturated carbocycles. The third-order valence-electron chi connectivity index (χ3n) is 2.81. The van der Waals surface area contributed by atoms with Crippen LogP contribution in [0.1, 0.15) is 25.1 Å². The van der Waals surface area contributed by atoms with Gasteiger partial charge in [0, 0.05) is 25.0 Å². The number of nitrogens with two attached hydrogens (primary N) is 1. The molecular weight excluding hydrogens is 234 g/mol. The Morgan fingerprint density at radius 1 is 1.41 bits per heavy atom. The molecule has 0 fully saturated rings. The smallest absolute Gasteiger partial charge is 0.0417 e. The van der Waals surface area contributed by atoms with Gasteiger partial charge < -0.3 is 10.6 Å². The topological polar surface area (TPSA) is 42.2 Å². The Kier molecular flexibility index (Phi) is 6.68. The van der Waals surface area contributed by atoms with E-state index in [0.29, 0.717) is 6.54 Å². The second-order valence-electron chi connectivity index (χ2n) is 5.29. The van der Waals surface area contributed by atoms with Crippen LogP contribution in [0.4, 0.5) is 0 Å². The molecule has 0 unspecified atom stereocenters. The molecule has 1 aromatic heterocycles. The fourth-order valence-corrected chi connectivity index (χ4v) is 1.83. The Hall–Kier alpha value is -0.640. The van der Waals surface area contributed by atoms with Gasteiger partial charge in [-0.15, -0.1) is 12.4 Å². The van der Waals surface area contributed by atoms with Gasteiger partial charge in [0.25, 0.3) is 0 Å². The van der Waals surface area contributed by atoms with Crippen LogP contribution in [0, 0.1) is 12.3 Å². The predicted molar refractivity (Wildman–Crippen MR) is 75.4 cm³/mol. The number of aryl methyl sites for hydroxylation is 1. The summed E-state index contributed by atoms with van der Waals surface area (Å²) in [5.74, 6) is 0. The summed E-state index contributed by atoms with van der Waals surface area (Å²) in [6.45, 7) is 9.08. The van der Waals surface area contributed by atoms with Gasteiger partial charge in [0.15, 0.2) is 0 Å². The summed E-state index contributed by atoms with van der Waals surface area (Å²) >= 11 is 0. The first-order chi connectivity index (χ1) is 7.44. The van der Waals surface area contributed by atoms with Gasteiger partial charge in [0.2, 0.25) is 0 Å². The molecule has 1 aromatic rings. The van der Waals surface area contributed by atoms with Crippen molar-refractivity contribution in [2.75, 3.05) is 20.1 Å². The molecule has 0 aliphatic carbocycles. The van der Waals surface area contributed by atoms with E-state index < -0.39 is 0 Å². The zero-order chi connectivity index (χ0) is 12.2. The lowest BCUT2D eigenvalue weighted by molar-refractivity contribution is 0.209. The molecule has 0 atom stereocenters. The first-order valence-electron chi connectivity index (χ1n) is 5.74. The number of halogens is 1. The molecule has 0 bridgehead atoms. The molecule has 1 rings (SSSR count). The molecule has 3 nitrogen and oxygen atoms in total. The molecular formula is C13H24ClN3. The minimum absolute atomic E-state index is 0. The van der Waals surface area contributed by atoms with Crippen molar-refractivity contribution in [3.05, 3.63) is 29.6 Å². The Morgan fingerprint density at radius 2 is 2.06 bits per heavy atom. The van der Waals surface area contributed by atoms with Crippen molar-refractivity contribution in [3.63, 3.8) is 0 Å². The molecule has 0 aliphatic heterocycles. The van der Waals surface area contributed by atoms with Gasteiger partial charge in [-0.3, -0.25) is 4.98 Å². The van der Waals surface area contributed by atoms with Crippen LogP contribution in [0.2, 0.25) is 0 Å². The predicted octanol–water partition coefficient (Wildman–Crippen LogP) is 2.23. The molecule has 0 saturated heterocycles. The van der Waals surface area contributed by atoms with Crippen molar-refractivity contribution in [3.8, 4) is 0 Å². The average Bonchev–Trinajstić information content (AvgIpc) is 2.21. The van der Waals surface area contributed by atoms with Crippen LogP contribution in [0.15, 0.2) is 18.3 Å². The molecule has 0 aliphatic rings.